The van der Waals surface area contributed by atoms with Crippen molar-refractivity contribution in [3.63, 3.8) is 0 Å². The molecule has 0 aliphatic carbocycles. The van der Waals surface area contributed by atoms with Crippen molar-refractivity contribution in [2.45, 2.75) is 26.7 Å². The van der Waals surface area contributed by atoms with Gasteiger partial charge < -0.3 is 4.79 Å². The van der Waals surface area contributed by atoms with Gasteiger partial charge in [0.15, 0.2) is 0 Å². The van der Waals surface area contributed by atoms with Crippen molar-refractivity contribution in [3.05, 3.63) is 46.3 Å². The van der Waals surface area contributed by atoms with Crippen molar-refractivity contribution in [3.8, 4) is 11.3 Å². The maximum absolute atomic E-state index is 11.0. The van der Waals surface area contributed by atoms with Crippen LogP contribution >= 0.6 is 15.9 Å². The van der Waals surface area contributed by atoms with Gasteiger partial charge in [-0.1, -0.05) is 28.1 Å². The summed E-state index contributed by atoms with van der Waals surface area (Å²) in [6.07, 6.45) is 1.09. The largest absolute Gasteiger partial charge is 0.300 e. The molecule has 0 aliphatic rings. The van der Waals surface area contributed by atoms with Crippen molar-refractivity contribution in [2.75, 3.05) is 0 Å². The molecule has 0 saturated heterocycles. The minimum atomic E-state index is 0.162. The van der Waals surface area contributed by atoms with E-state index in [4.69, 9.17) is 0 Å². The number of carbonyl (C=O) groups is 1. The van der Waals surface area contributed by atoms with Crippen LogP contribution in [-0.4, -0.2) is 15.8 Å². The monoisotopic (exact) mass is 318 g/mol. The average Bonchev–Trinajstić information content (AvgIpc) is 2.36. The normalized spacial score (nSPS) is 10.5. The minimum absolute atomic E-state index is 0.162. The van der Waals surface area contributed by atoms with E-state index in [1.807, 2.05) is 37.3 Å². The molecule has 0 amide bonds. The first-order valence-corrected chi connectivity index (χ1v) is 6.94. The fraction of sp³-hybridized carbons (Fsp3) is 0.267. The average molecular weight is 319 g/mol. The molecule has 19 heavy (non-hydrogen) atoms. The number of benzene rings is 1. The number of hydrogen-bond acceptors (Lipinski definition) is 3. The molecule has 0 unspecified atom stereocenters. The number of ketones is 1. The van der Waals surface area contributed by atoms with Gasteiger partial charge in [-0.2, -0.15) is 0 Å². The van der Waals surface area contributed by atoms with Crippen molar-refractivity contribution in [2.24, 2.45) is 0 Å². The van der Waals surface area contributed by atoms with Crippen LogP contribution in [0.2, 0.25) is 0 Å². The van der Waals surface area contributed by atoms with E-state index in [0.717, 1.165) is 27.2 Å². The van der Waals surface area contributed by atoms with Crippen molar-refractivity contribution in [1.29, 1.82) is 0 Å². The predicted molar refractivity (Wildman–Crippen MR) is 78.9 cm³/mol. The van der Waals surface area contributed by atoms with Crippen LogP contribution in [0, 0.1) is 6.92 Å². The number of aromatic nitrogens is 2. The molecule has 0 N–H and O–H groups in total. The molecule has 2 aromatic rings. The summed E-state index contributed by atoms with van der Waals surface area (Å²) in [7, 11) is 0. The van der Waals surface area contributed by atoms with Crippen LogP contribution in [0.4, 0.5) is 0 Å². The van der Waals surface area contributed by atoms with E-state index in [1.165, 1.54) is 0 Å². The van der Waals surface area contributed by atoms with Crippen molar-refractivity contribution >= 4 is 21.7 Å². The smallest absolute Gasteiger partial charge is 0.130 e. The number of hydrogen-bond donors (Lipinski definition) is 0. The van der Waals surface area contributed by atoms with Crippen molar-refractivity contribution < 1.29 is 4.79 Å². The third kappa shape index (κ3) is 3.96. The molecule has 0 bridgehead atoms. The zero-order valence-electron chi connectivity index (χ0n) is 11.0. The number of halogens is 1. The number of nitrogens with zero attached hydrogens (tertiary/aromatic N) is 2. The lowest BCUT2D eigenvalue weighted by molar-refractivity contribution is -0.117. The highest BCUT2D eigenvalue weighted by Gasteiger charge is 2.06. The number of Topliss-reactive ketones (excluding diaryl/α,β-unsaturated/α-hetero) is 1. The van der Waals surface area contributed by atoms with Crippen LogP contribution in [0.3, 0.4) is 0 Å². The Morgan fingerprint density at radius 1 is 1.21 bits per heavy atom. The number of rotatable bonds is 4. The lowest BCUT2D eigenvalue weighted by Crippen LogP contribution is -2.02. The number of carbonyl (C=O) groups excluding carboxylic acids is 1. The van der Waals surface area contributed by atoms with Gasteiger partial charge in [-0.25, -0.2) is 9.97 Å². The van der Waals surface area contributed by atoms with Crippen LogP contribution in [-0.2, 0) is 11.2 Å². The van der Waals surface area contributed by atoms with Crippen LogP contribution in [0.15, 0.2) is 34.8 Å². The lowest BCUT2D eigenvalue weighted by atomic mass is 10.1. The fourth-order valence-electron chi connectivity index (χ4n) is 1.80. The van der Waals surface area contributed by atoms with Gasteiger partial charge >= 0.3 is 0 Å². The molecular formula is C15H15BrN2O. The quantitative estimate of drug-likeness (QED) is 0.862. The SMILES string of the molecule is CC(=O)CCc1nc(C)cc(-c2ccc(Br)cc2)n1. The molecule has 1 aromatic carbocycles. The van der Waals surface area contributed by atoms with Gasteiger partial charge in [-0.05, 0) is 32.0 Å². The van der Waals surface area contributed by atoms with Gasteiger partial charge in [0, 0.05) is 28.6 Å². The Balaban J connectivity index is 2.30. The third-order valence-electron chi connectivity index (χ3n) is 2.74. The van der Waals surface area contributed by atoms with E-state index in [2.05, 4.69) is 25.9 Å². The lowest BCUT2D eigenvalue weighted by Gasteiger charge is -2.06. The second-order valence-electron chi connectivity index (χ2n) is 4.52. The van der Waals surface area contributed by atoms with Crippen LogP contribution in [0.1, 0.15) is 24.9 Å². The van der Waals surface area contributed by atoms with Gasteiger partial charge in [0.05, 0.1) is 5.69 Å². The summed E-state index contributed by atoms with van der Waals surface area (Å²) in [5.74, 6) is 0.892. The molecule has 0 aliphatic heterocycles. The molecule has 0 fully saturated rings. The maximum Gasteiger partial charge on any atom is 0.130 e. The summed E-state index contributed by atoms with van der Waals surface area (Å²) in [5.41, 5.74) is 2.88. The van der Waals surface area contributed by atoms with Gasteiger partial charge in [0.2, 0.25) is 0 Å². The molecule has 2 rings (SSSR count). The first kappa shape index (κ1) is 13.9. The van der Waals surface area contributed by atoms with E-state index >= 15 is 0 Å². The van der Waals surface area contributed by atoms with E-state index in [0.29, 0.717) is 12.8 Å². The molecular weight excluding hydrogens is 304 g/mol. The van der Waals surface area contributed by atoms with E-state index < -0.39 is 0 Å². The predicted octanol–water partition coefficient (Wildman–Crippen LogP) is 3.74. The Kier molecular flexibility index (Phi) is 4.43. The topological polar surface area (TPSA) is 42.9 Å². The van der Waals surface area contributed by atoms with E-state index in [1.54, 1.807) is 6.92 Å². The summed E-state index contributed by atoms with van der Waals surface area (Å²) in [5, 5.41) is 0. The van der Waals surface area contributed by atoms with Crippen LogP contribution < -0.4 is 0 Å². The van der Waals surface area contributed by atoms with E-state index in [-0.39, 0.29) is 5.78 Å². The zero-order chi connectivity index (χ0) is 13.8. The number of aryl methyl sites for hydroxylation is 2. The summed E-state index contributed by atoms with van der Waals surface area (Å²) < 4.78 is 1.04. The van der Waals surface area contributed by atoms with Gasteiger partial charge in [0.25, 0.3) is 0 Å². The molecule has 1 aromatic heterocycles. The second kappa shape index (κ2) is 6.06. The van der Waals surface area contributed by atoms with Crippen LogP contribution in [0.5, 0.6) is 0 Å². The highest BCUT2D eigenvalue weighted by atomic mass is 79.9. The Hall–Kier alpha value is -1.55. The summed E-state index contributed by atoms with van der Waals surface area (Å²) in [6, 6.07) is 9.96. The minimum Gasteiger partial charge on any atom is -0.300 e. The Morgan fingerprint density at radius 2 is 1.89 bits per heavy atom. The van der Waals surface area contributed by atoms with Crippen LogP contribution in [0.25, 0.3) is 11.3 Å². The van der Waals surface area contributed by atoms with Gasteiger partial charge in [-0.3, -0.25) is 0 Å². The molecule has 0 saturated carbocycles. The fourth-order valence-corrected chi connectivity index (χ4v) is 2.06. The summed E-state index contributed by atoms with van der Waals surface area (Å²) in [4.78, 5) is 19.9. The molecule has 0 spiro atoms. The standard InChI is InChI=1S/C15H15BrN2O/c1-10-9-14(12-4-6-13(16)7-5-12)18-15(17-10)8-3-11(2)19/h4-7,9H,3,8H2,1-2H3. The highest BCUT2D eigenvalue weighted by Crippen LogP contribution is 2.20. The van der Waals surface area contributed by atoms with E-state index in [9.17, 15) is 4.79 Å². The molecule has 3 nitrogen and oxygen atoms in total. The molecule has 0 radical (unpaired) electrons. The molecule has 4 heteroatoms. The summed E-state index contributed by atoms with van der Waals surface area (Å²) in [6.45, 7) is 3.53. The molecule has 0 atom stereocenters. The third-order valence-corrected chi connectivity index (χ3v) is 3.27. The Morgan fingerprint density at radius 3 is 2.53 bits per heavy atom. The first-order chi connectivity index (χ1) is 9.04. The molecule has 98 valence electrons. The maximum atomic E-state index is 11.0. The van der Waals surface area contributed by atoms with Crippen molar-refractivity contribution in [1.82, 2.24) is 9.97 Å². The van der Waals surface area contributed by atoms with Gasteiger partial charge in [0.1, 0.15) is 11.6 Å². The highest BCUT2D eigenvalue weighted by molar-refractivity contribution is 9.10. The first-order valence-electron chi connectivity index (χ1n) is 6.14. The zero-order valence-corrected chi connectivity index (χ0v) is 12.6. The Labute approximate surface area is 121 Å². The Bertz CT molecular complexity index is 594. The summed E-state index contributed by atoms with van der Waals surface area (Å²) >= 11 is 3.42. The van der Waals surface area contributed by atoms with Gasteiger partial charge in [-0.15, -0.1) is 0 Å². The second-order valence-corrected chi connectivity index (χ2v) is 5.44. The molecule has 1 heterocycles.